The quantitative estimate of drug-likeness (QED) is 0.722. The third-order valence-electron chi connectivity index (χ3n) is 3.97. The molecule has 0 radical (unpaired) electrons. The van der Waals surface area contributed by atoms with Crippen molar-refractivity contribution in [2.45, 2.75) is 19.7 Å². The number of hydrogen-bond donors (Lipinski definition) is 1. The highest BCUT2D eigenvalue weighted by atomic mass is 19.4. The van der Waals surface area contributed by atoms with Crippen LogP contribution in [0, 0.1) is 6.92 Å². The molecule has 3 rings (SSSR count). The maximum absolute atomic E-state index is 13.6. The molecule has 0 atom stereocenters. The maximum Gasteiger partial charge on any atom is 0.433 e. The lowest BCUT2D eigenvalue weighted by molar-refractivity contribution is -0.143. The van der Waals surface area contributed by atoms with E-state index in [-0.39, 0.29) is 29.1 Å². The standard InChI is InChI=1S/C17H14F3N3O3/c1-9-13(11-5-3-10(8-24)4-6-11)22-15-12(16(25)26-2)7-21-23(15)14(9)17(18,19)20/h3-7,24H,8H2,1-2H3. The predicted molar refractivity (Wildman–Crippen MR) is 85.4 cm³/mol. The summed E-state index contributed by atoms with van der Waals surface area (Å²) >= 11 is 0. The molecule has 0 aliphatic heterocycles. The second-order valence-electron chi connectivity index (χ2n) is 5.57. The van der Waals surface area contributed by atoms with Gasteiger partial charge in [0.2, 0.25) is 0 Å². The molecule has 0 aliphatic carbocycles. The van der Waals surface area contributed by atoms with E-state index in [9.17, 15) is 18.0 Å². The summed E-state index contributed by atoms with van der Waals surface area (Å²) in [7, 11) is 1.12. The van der Waals surface area contributed by atoms with Crippen molar-refractivity contribution in [3.8, 4) is 11.3 Å². The van der Waals surface area contributed by atoms with Crippen LogP contribution >= 0.6 is 0 Å². The summed E-state index contributed by atoms with van der Waals surface area (Å²) in [5.41, 5.74) is -0.435. The van der Waals surface area contributed by atoms with Crippen LogP contribution in [0.5, 0.6) is 0 Å². The second kappa shape index (κ2) is 6.41. The summed E-state index contributed by atoms with van der Waals surface area (Å²) in [5.74, 6) is -0.828. The number of esters is 1. The number of benzene rings is 1. The molecule has 1 N–H and O–H groups in total. The molecule has 1 aromatic carbocycles. The van der Waals surface area contributed by atoms with Crippen molar-refractivity contribution >= 4 is 11.6 Å². The molecule has 26 heavy (non-hydrogen) atoms. The van der Waals surface area contributed by atoms with Crippen molar-refractivity contribution in [3.63, 3.8) is 0 Å². The lowest BCUT2D eigenvalue weighted by Gasteiger charge is -2.16. The van der Waals surface area contributed by atoms with Gasteiger partial charge in [-0.1, -0.05) is 24.3 Å². The molecule has 0 bridgehead atoms. The molecule has 0 amide bonds. The van der Waals surface area contributed by atoms with Crippen LogP contribution < -0.4 is 0 Å². The zero-order chi connectivity index (χ0) is 19.1. The molecular weight excluding hydrogens is 351 g/mol. The molecule has 9 heteroatoms. The number of halogens is 3. The number of methoxy groups -OCH3 is 1. The SMILES string of the molecule is COC(=O)c1cnn2c(C(F)(F)F)c(C)c(-c3ccc(CO)cc3)nc12. The molecule has 0 fully saturated rings. The van der Waals surface area contributed by atoms with Gasteiger partial charge in [-0.3, -0.25) is 0 Å². The second-order valence-corrected chi connectivity index (χ2v) is 5.57. The third kappa shape index (κ3) is 2.90. The van der Waals surface area contributed by atoms with E-state index in [1.807, 2.05) is 0 Å². The van der Waals surface area contributed by atoms with Crippen molar-refractivity contribution in [1.29, 1.82) is 0 Å². The van der Waals surface area contributed by atoms with Crippen molar-refractivity contribution in [1.82, 2.24) is 14.6 Å². The molecule has 3 aromatic rings. The van der Waals surface area contributed by atoms with Gasteiger partial charge in [-0.2, -0.15) is 18.3 Å². The first-order chi connectivity index (χ1) is 12.3. The van der Waals surface area contributed by atoms with Gasteiger partial charge in [0.1, 0.15) is 5.56 Å². The Bertz CT molecular complexity index is 979. The molecule has 2 heterocycles. The van der Waals surface area contributed by atoms with E-state index in [0.29, 0.717) is 15.6 Å². The Labute approximate surface area is 145 Å². The average molecular weight is 365 g/mol. The molecule has 0 saturated heterocycles. The fraction of sp³-hybridized carbons (Fsp3) is 0.235. The van der Waals surface area contributed by atoms with Crippen LogP contribution in [0.3, 0.4) is 0 Å². The lowest BCUT2D eigenvalue weighted by Crippen LogP contribution is -2.17. The maximum atomic E-state index is 13.6. The number of aromatic nitrogens is 3. The van der Waals surface area contributed by atoms with E-state index in [4.69, 9.17) is 5.11 Å². The van der Waals surface area contributed by atoms with E-state index in [1.54, 1.807) is 24.3 Å². The highest BCUT2D eigenvalue weighted by Crippen LogP contribution is 2.36. The Morgan fingerprint density at radius 3 is 2.46 bits per heavy atom. The molecule has 6 nitrogen and oxygen atoms in total. The number of hydrogen-bond acceptors (Lipinski definition) is 5. The summed E-state index contributed by atoms with van der Waals surface area (Å²) in [6.07, 6.45) is -3.70. The van der Waals surface area contributed by atoms with E-state index >= 15 is 0 Å². The summed E-state index contributed by atoms with van der Waals surface area (Å²) in [5, 5.41) is 12.8. The fourth-order valence-electron chi connectivity index (χ4n) is 2.71. The Hall–Kier alpha value is -2.94. The Morgan fingerprint density at radius 2 is 1.92 bits per heavy atom. The predicted octanol–water partition coefficient (Wildman–Crippen LogP) is 3.00. The topological polar surface area (TPSA) is 76.7 Å². The zero-order valence-corrected chi connectivity index (χ0v) is 13.8. The number of aliphatic hydroxyl groups excluding tert-OH is 1. The number of fused-ring (bicyclic) bond motifs is 1. The van der Waals surface area contributed by atoms with Crippen LogP contribution in [-0.4, -0.2) is 32.8 Å². The monoisotopic (exact) mass is 365 g/mol. The third-order valence-corrected chi connectivity index (χ3v) is 3.97. The van der Waals surface area contributed by atoms with Gasteiger partial charge in [0.05, 0.1) is 25.6 Å². The van der Waals surface area contributed by atoms with Crippen molar-refractivity contribution in [3.05, 3.63) is 52.8 Å². The number of nitrogens with zero attached hydrogens (tertiary/aromatic N) is 3. The van der Waals surface area contributed by atoms with Gasteiger partial charge >= 0.3 is 12.1 Å². The highest BCUT2D eigenvalue weighted by molar-refractivity contribution is 5.96. The van der Waals surface area contributed by atoms with Crippen LogP contribution in [0.15, 0.2) is 30.5 Å². The molecule has 0 unspecified atom stereocenters. The molecule has 0 saturated carbocycles. The molecule has 0 spiro atoms. The van der Waals surface area contributed by atoms with Crippen LogP contribution in [0.4, 0.5) is 13.2 Å². The Morgan fingerprint density at radius 1 is 1.27 bits per heavy atom. The smallest absolute Gasteiger partial charge is 0.433 e. The van der Waals surface area contributed by atoms with Gasteiger partial charge in [0.15, 0.2) is 11.3 Å². The lowest BCUT2D eigenvalue weighted by atomic mass is 10.0. The van der Waals surface area contributed by atoms with Crippen LogP contribution in [0.25, 0.3) is 16.9 Å². The summed E-state index contributed by atoms with van der Waals surface area (Å²) in [4.78, 5) is 16.1. The highest BCUT2D eigenvalue weighted by Gasteiger charge is 2.38. The number of carbonyl (C=O) groups excluding carboxylic acids is 1. The van der Waals surface area contributed by atoms with Crippen molar-refractivity contribution in [2.24, 2.45) is 0 Å². The average Bonchev–Trinajstić information content (AvgIpc) is 3.02. The van der Waals surface area contributed by atoms with Gasteiger partial charge in [-0.05, 0) is 12.5 Å². The number of ether oxygens (including phenoxy) is 1. The number of rotatable bonds is 3. The van der Waals surface area contributed by atoms with E-state index in [2.05, 4.69) is 14.8 Å². The van der Waals surface area contributed by atoms with E-state index < -0.39 is 17.8 Å². The normalized spacial score (nSPS) is 11.8. The van der Waals surface area contributed by atoms with Crippen LogP contribution in [0.2, 0.25) is 0 Å². The van der Waals surface area contributed by atoms with Crippen molar-refractivity contribution < 1.29 is 27.8 Å². The van der Waals surface area contributed by atoms with Crippen LogP contribution in [-0.2, 0) is 17.5 Å². The molecular formula is C17H14F3N3O3. The van der Waals surface area contributed by atoms with Gasteiger partial charge in [0, 0.05) is 11.1 Å². The first kappa shape index (κ1) is 17.9. The molecule has 136 valence electrons. The van der Waals surface area contributed by atoms with Gasteiger partial charge in [0.25, 0.3) is 0 Å². The fourth-order valence-corrected chi connectivity index (χ4v) is 2.71. The molecule has 2 aromatic heterocycles. The zero-order valence-electron chi connectivity index (χ0n) is 13.8. The molecule has 0 aliphatic rings. The first-order valence-electron chi connectivity index (χ1n) is 7.52. The van der Waals surface area contributed by atoms with Gasteiger partial charge < -0.3 is 9.84 Å². The summed E-state index contributed by atoms with van der Waals surface area (Å²) in [6.45, 7) is 1.11. The van der Waals surface area contributed by atoms with Gasteiger partial charge in [-0.15, -0.1) is 0 Å². The minimum absolute atomic E-state index is 0.0694. The largest absolute Gasteiger partial charge is 0.465 e. The summed E-state index contributed by atoms with van der Waals surface area (Å²) in [6, 6.07) is 6.30. The first-order valence-corrected chi connectivity index (χ1v) is 7.52. The Balaban J connectivity index is 2.35. The number of carbonyl (C=O) groups is 1. The summed E-state index contributed by atoms with van der Waals surface area (Å²) < 4.78 is 46.1. The number of aliphatic hydroxyl groups is 1. The van der Waals surface area contributed by atoms with Crippen molar-refractivity contribution in [2.75, 3.05) is 7.11 Å². The van der Waals surface area contributed by atoms with Crippen LogP contribution in [0.1, 0.15) is 27.2 Å². The van der Waals surface area contributed by atoms with Gasteiger partial charge in [-0.25, -0.2) is 14.3 Å². The minimum atomic E-state index is -4.70. The van der Waals surface area contributed by atoms with E-state index in [0.717, 1.165) is 13.3 Å². The Kier molecular flexibility index (Phi) is 4.41. The van der Waals surface area contributed by atoms with E-state index in [1.165, 1.54) is 6.92 Å². The number of alkyl halides is 3. The minimum Gasteiger partial charge on any atom is -0.465 e.